The molecule has 1 aromatic heterocycles. The fourth-order valence-corrected chi connectivity index (χ4v) is 2.91. The standard InChI is InChI=1S/C19H12N4OS/c1-25-19-22-17(16(11-21)18(24)23-19)13-7-4-6-12(9-13)15-8-3-2-5-14(15)10-20/h2-9H,1H3,(H,22,23,24). The Labute approximate surface area is 148 Å². The number of nitrogens with one attached hydrogen (secondary N) is 1. The number of H-pyrrole nitrogens is 1. The predicted molar refractivity (Wildman–Crippen MR) is 96.9 cm³/mol. The number of aromatic amines is 1. The fraction of sp³-hybridized carbons (Fsp3) is 0.0526. The zero-order chi connectivity index (χ0) is 17.8. The number of nitriles is 2. The van der Waals surface area contributed by atoms with Gasteiger partial charge in [0.2, 0.25) is 0 Å². The van der Waals surface area contributed by atoms with E-state index in [4.69, 9.17) is 0 Å². The van der Waals surface area contributed by atoms with Gasteiger partial charge in [-0.2, -0.15) is 10.5 Å². The van der Waals surface area contributed by atoms with Gasteiger partial charge in [0, 0.05) is 5.56 Å². The van der Waals surface area contributed by atoms with Crippen molar-refractivity contribution in [2.45, 2.75) is 5.16 Å². The third-order valence-electron chi connectivity index (χ3n) is 3.70. The van der Waals surface area contributed by atoms with E-state index >= 15 is 0 Å². The molecule has 25 heavy (non-hydrogen) atoms. The van der Waals surface area contributed by atoms with E-state index in [9.17, 15) is 15.3 Å². The number of hydrogen-bond donors (Lipinski definition) is 1. The van der Waals surface area contributed by atoms with Crippen LogP contribution in [0.2, 0.25) is 0 Å². The number of rotatable bonds is 3. The maximum absolute atomic E-state index is 12.1. The second kappa shape index (κ2) is 7.04. The molecule has 0 unspecified atom stereocenters. The van der Waals surface area contributed by atoms with Gasteiger partial charge in [0.05, 0.1) is 17.3 Å². The summed E-state index contributed by atoms with van der Waals surface area (Å²) in [6.07, 6.45) is 1.80. The van der Waals surface area contributed by atoms with Gasteiger partial charge in [-0.25, -0.2) is 4.98 Å². The zero-order valence-electron chi connectivity index (χ0n) is 13.3. The maximum atomic E-state index is 12.1. The number of thioether (sulfide) groups is 1. The first-order valence-electron chi connectivity index (χ1n) is 7.36. The van der Waals surface area contributed by atoms with E-state index in [1.165, 1.54) is 11.8 Å². The van der Waals surface area contributed by atoms with Crippen LogP contribution in [-0.2, 0) is 0 Å². The van der Waals surface area contributed by atoms with Gasteiger partial charge in [0.15, 0.2) is 5.16 Å². The quantitative estimate of drug-likeness (QED) is 0.579. The van der Waals surface area contributed by atoms with E-state index < -0.39 is 5.56 Å². The van der Waals surface area contributed by atoms with E-state index in [-0.39, 0.29) is 5.56 Å². The highest BCUT2D eigenvalue weighted by molar-refractivity contribution is 7.98. The average molecular weight is 344 g/mol. The number of aromatic nitrogens is 2. The number of nitrogens with zero attached hydrogens (tertiary/aromatic N) is 3. The largest absolute Gasteiger partial charge is 0.300 e. The molecule has 3 aromatic rings. The van der Waals surface area contributed by atoms with Gasteiger partial charge < -0.3 is 4.98 Å². The monoisotopic (exact) mass is 344 g/mol. The molecule has 0 atom stereocenters. The number of benzene rings is 2. The summed E-state index contributed by atoms with van der Waals surface area (Å²) >= 11 is 1.30. The number of hydrogen-bond acceptors (Lipinski definition) is 5. The molecule has 2 aromatic carbocycles. The SMILES string of the molecule is CSc1nc(-c2cccc(-c3ccccc3C#N)c2)c(C#N)c(=O)[nH]1. The molecule has 0 spiro atoms. The van der Waals surface area contributed by atoms with Gasteiger partial charge in [-0.1, -0.05) is 48.2 Å². The summed E-state index contributed by atoms with van der Waals surface area (Å²) in [5, 5.41) is 19.1. The molecule has 0 amide bonds. The third-order valence-corrected chi connectivity index (χ3v) is 4.28. The van der Waals surface area contributed by atoms with Crippen molar-refractivity contribution in [1.29, 1.82) is 10.5 Å². The van der Waals surface area contributed by atoms with Crippen LogP contribution in [0.5, 0.6) is 0 Å². The summed E-state index contributed by atoms with van der Waals surface area (Å²) in [6.45, 7) is 0. The Bertz CT molecular complexity index is 1090. The minimum atomic E-state index is -0.459. The Balaban J connectivity index is 2.22. The summed E-state index contributed by atoms with van der Waals surface area (Å²) in [4.78, 5) is 19.1. The lowest BCUT2D eigenvalue weighted by Gasteiger charge is -2.08. The second-order valence-corrected chi connectivity index (χ2v) is 5.94. The van der Waals surface area contributed by atoms with Crippen LogP contribution in [0.4, 0.5) is 0 Å². The third kappa shape index (κ3) is 3.16. The van der Waals surface area contributed by atoms with Crippen LogP contribution in [0.25, 0.3) is 22.4 Å². The normalized spacial score (nSPS) is 10.0. The van der Waals surface area contributed by atoms with Gasteiger partial charge in [-0.3, -0.25) is 4.79 Å². The zero-order valence-corrected chi connectivity index (χ0v) is 14.1. The lowest BCUT2D eigenvalue weighted by Crippen LogP contribution is -2.14. The smallest absolute Gasteiger partial charge is 0.270 e. The molecule has 0 aliphatic rings. The molecule has 1 N–H and O–H groups in total. The lowest BCUT2D eigenvalue weighted by molar-refractivity contribution is 0.938. The van der Waals surface area contributed by atoms with Gasteiger partial charge in [-0.15, -0.1) is 0 Å². The Hall–Kier alpha value is -3.35. The molecule has 120 valence electrons. The molecule has 0 aliphatic heterocycles. The molecule has 3 rings (SSSR count). The van der Waals surface area contributed by atoms with Crippen molar-refractivity contribution in [2.24, 2.45) is 0 Å². The predicted octanol–water partition coefficient (Wildman–Crippen LogP) is 3.57. The highest BCUT2D eigenvalue weighted by Crippen LogP contribution is 2.28. The van der Waals surface area contributed by atoms with Gasteiger partial charge in [-0.05, 0) is 29.5 Å². The van der Waals surface area contributed by atoms with Crippen molar-refractivity contribution < 1.29 is 0 Å². The second-order valence-electron chi connectivity index (χ2n) is 5.15. The van der Waals surface area contributed by atoms with Crippen LogP contribution in [0, 0.1) is 22.7 Å². The Morgan fingerprint density at radius 1 is 1.04 bits per heavy atom. The summed E-state index contributed by atoms with van der Waals surface area (Å²) in [7, 11) is 0. The molecule has 0 saturated heterocycles. The lowest BCUT2D eigenvalue weighted by atomic mass is 9.97. The first-order valence-corrected chi connectivity index (χ1v) is 8.58. The van der Waals surface area contributed by atoms with Crippen LogP contribution in [-0.4, -0.2) is 16.2 Å². The topological polar surface area (TPSA) is 93.3 Å². The summed E-state index contributed by atoms with van der Waals surface area (Å²) in [5.41, 5.74) is 2.69. The van der Waals surface area contributed by atoms with Crippen LogP contribution in [0.3, 0.4) is 0 Å². The van der Waals surface area contributed by atoms with E-state index in [1.54, 1.807) is 18.4 Å². The van der Waals surface area contributed by atoms with Crippen LogP contribution in [0.1, 0.15) is 11.1 Å². The first-order chi connectivity index (χ1) is 12.2. The molecular formula is C19H12N4OS. The van der Waals surface area contributed by atoms with Crippen molar-refractivity contribution in [2.75, 3.05) is 6.26 Å². The van der Waals surface area contributed by atoms with Crippen LogP contribution < -0.4 is 5.56 Å². The molecule has 0 aliphatic carbocycles. The summed E-state index contributed by atoms with van der Waals surface area (Å²) < 4.78 is 0. The molecule has 0 fully saturated rings. The van der Waals surface area contributed by atoms with Crippen molar-refractivity contribution in [3.8, 4) is 34.5 Å². The van der Waals surface area contributed by atoms with E-state index in [1.807, 2.05) is 42.5 Å². The van der Waals surface area contributed by atoms with Crippen molar-refractivity contribution in [1.82, 2.24) is 9.97 Å². The van der Waals surface area contributed by atoms with Crippen LogP contribution in [0.15, 0.2) is 58.5 Å². The summed E-state index contributed by atoms with van der Waals surface area (Å²) in [6, 6.07) is 18.7. The Morgan fingerprint density at radius 2 is 1.80 bits per heavy atom. The van der Waals surface area contributed by atoms with Crippen molar-refractivity contribution >= 4 is 11.8 Å². The average Bonchev–Trinajstić information content (AvgIpc) is 2.67. The Kier molecular flexibility index (Phi) is 4.65. The molecule has 0 radical (unpaired) electrons. The van der Waals surface area contributed by atoms with E-state index in [2.05, 4.69) is 16.0 Å². The highest BCUT2D eigenvalue weighted by Gasteiger charge is 2.14. The van der Waals surface area contributed by atoms with Crippen molar-refractivity contribution in [3.05, 3.63) is 70.0 Å². The van der Waals surface area contributed by atoms with Crippen molar-refractivity contribution in [3.63, 3.8) is 0 Å². The van der Waals surface area contributed by atoms with Gasteiger partial charge >= 0.3 is 0 Å². The fourth-order valence-electron chi connectivity index (χ4n) is 2.53. The highest BCUT2D eigenvalue weighted by atomic mass is 32.2. The molecule has 0 saturated carbocycles. The molecular weight excluding hydrogens is 332 g/mol. The van der Waals surface area contributed by atoms with Crippen LogP contribution >= 0.6 is 11.8 Å². The molecule has 0 bridgehead atoms. The summed E-state index contributed by atoms with van der Waals surface area (Å²) in [5.74, 6) is 0. The van der Waals surface area contributed by atoms with Gasteiger partial charge in [0.25, 0.3) is 5.56 Å². The minimum Gasteiger partial charge on any atom is -0.300 e. The van der Waals surface area contributed by atoms with Gasteiger partial charge in [0.1, 0.15) is 11.6 Å². The van der Waals surface area contributed by atoms with E-state index in [0.717, 1.165) is 11.1 Å². The Morgan fingerprint density at radius 3 is 2.52 bits per heavy atom. The maximum Gasteiger partial charge on any atom is 0.270 e. The first kappa shape index (κ1) is 16.5. The minimum absolute atomic E-state index is 0.0245. The molecule has 6 heteroatoms. The molecule has 5 nitrogen and oxygen atoms in total. The molecule has 1 heterocycles. The van der Waals surface area contributed by atoms with E-state index in [0.29, 0.717) is 22.0 Å².